The lowest BCUT2D eigenvalue weighted by molar-refractivity contribution is 0.102. The van der Waals surface area contributed by atoms with Crippen molar-refractivity contribution in [3.05, 3.63) is 16.0 Å². The minimum absolute atomic E-state index is 0.0481. The van der Waals surface area contributed by atoms with Crippen LogP contribution in [0.1, 0.15) is 34.6 Å². The number of nitriles is 1. The number of rotatable bonds is 3. The van der Waals surface area contributed by atoms with E-state index in [2.05, 4.69) is 6.07 Å². The van der Waals surface area contributed by atoms with Crippen molar-refractivity contribution in [1.29, 1.82) is 5.26 Å². The van der Waals surface area contributed by atoms with Gasteiger partial charge in [0, 0.05) is 0 Å². The van der Waals surface area contributed by atoms with Crippen molar-refractivity contribution in [3.63, 3.8) is 0 Å². The molecule has 0 amide bonds. The van der Waals surface area contributed by atoms with E-state index in [1.54, 1.807) is 18.7 Å². The largest absolute Gasteiger partial charge is 0.294 e. The molecule has 2 nitrogen and oxygen atoms in total. The highest BCUT2D eigenvalue weighted by Gasteiger charge is 2.16. The zero-order chi connectivity index (χ0) is 10.7. The van der Waals surface area contributed by atoms with Crippen LogP contribution in [0.15, 0.2) is 4.21 Å². The van der Waals surface area contributed by atoms with Crippen LogP contribution < -0.4 is 0 Å². The Hall–Kier alpha value is -0.790. The molecule has 14 heavy (non-hydrogen) atoms. The van der Waals surface area contributed by atoms with Gasteiger partial charge >= 0.3 is 0 Å². The van der Waals surface area contributed by atoms with Gasteiger partial charge in [-0.15, -0.1) is 23.1 Å². The highest BCUT2D eigenvalue weighted by molar-refractivity contribution is 8.01. The zero-order valence-electron chi connectivity index (χ0n) is 8.38. The summed E-state index contributed by atoms with van der Waals surface area (Å²) in [4.78, 5) is 12.0. The lowest BCUT2D eigenvalue weighted by Gasteiger charge is -1.92. The molecule has 0 aromatic carbocycles. The molecule has 1 rings (SSSR count). The predicted molar refractivity (Wildman–Crippen MR) is 60.2 cm³/mol. The van der Waals surface area contributed by atoms with E-state index in [1.165, 1.54) is 11.3 Å². The summed E-state index contributed by atoms with van der Waals surface area (Å²) in [6.07, 6.45) is 0. The standard InChI is InChI=1S/C10H11NOS2/c1-4-13-10-8(5-11)6(2)9(14-10)7(3)12/h4H2,1-3H3. The summed E-state index contributed by atoms with van der Waals surface area (Å²) in [6.45, 7) is 5.42. The lowest BCUT2D eigenvalue weighted by atomic mass is 10.1. The molecule has 0 saturated carbocycles. The number of carbonyl (C=O) groups is 1. The number of hydrogen-bond donors (Lipinski definition) is 0. The summed E-state index contributed by atoms with van der Waals surface area (Å²) in [5, 5.41) is 8.95. The predicted octanol–water partition coefficient (Wildman–Crippen LogP) is 3.24. The first-order chi connectivity index (χ1) is 6.61. The SMILES string of the molecule is CCSc1sc(C(C)=O)c(C)c1C#N. The fraction of sp³-hybridized carbons (Fsp3) is 0.400. The van der Waals surface area contributed by atoms with E-state index >= 15 is 0 Å². The second kappa shape index (κ2) is 4.63. The molecule has 0 N–H and O–H groups in total. The van der Waals surface area contributed by atoms with Crippen LogP contribution in [0.3, 0.4) is 0 Å². The summed E-state index contributed by atoms with van der Waals surface area (Å²) in [6, 6.07) is 2.16. The van der Waals surface area contributed by atoms with Crippen LogP contribution in [-0.2, 0) is 0 Å². The van der Waals surface area contributed by atoms with Gasteiger partial charge in [-0.3, -0.25) is 4.79 Å². The van der Waals surface area contributed by atoms with E-state index in [9.17, 15) is 4.79 Å². The summed E-state index contributed by atoms with van der Waals surface area (Å²) < 4.78 is 0.970. The normalized spacial score (nSPS) is 9.86. The third kappa shape index (κ3) is 1.99. The maximum atomic E-state index is 11.2. The minimum atomic E-state index is 0.0481. The number of thiophene rings is 1. The van der Waals surface area contributed by atoms with Crippen molar-refractivity contribution in [2.75, 3.05) is 5.75 Å². The van der Waals surface area contributed by atoms with Gasteiger partial charge in [0.05, 0.1) is 14.6 Å². The van der Waals surface area contributed by atoms with E-state index in [1.807, 2.05) is 13.8 Å². The second-order valence-corrected chi connectivity index (χ2v) is 5.37. The average Bonchev–Trinajstić information content (AvgIpc) is 2.43. The van der Waals surface area contributed by atoms with Crippen LogP contribution in [0.4, 0.5) is 0 Å². The molecule has 74 valence electrons. The maximum absolute atomic E-state index is 11.2. The Bertz CT molecular complexity index is 401. The number of nitrogens with zero attached hydrogens (tertiary/aromatic N) is 1. The van der Waals surface area contributed by atoms with Gasteiger partial charge < -0.3 is 0 Å². The first-order valence-corrected chi connectivity index (χ1v) is 6.09. The molecule has 0 atom stereocenters. The van der Waals surface area contributed by atoms with Crippen LogP contribution in [0.5, 0.6) is 0 Å². The first-order valence-electron chi connectivity index (χ1n) is 4.29. The average molecular weight is 225 g/mol. The molecule has 0 bridgehead atoms. The van der Waals surface area contributed by atoms with Crippen molar-refractivity contribution in [2.45, 2.75) is 25.0 Å². The Morgan fingerprint density at radius 1 is 1.64 bits per heavy atom. The highest BCUT2D eigenvalue weighted by atomic mass is 32.2. The van der Waals surface area contributed by atoms with E-state index in [4.69, 9.17) is 5.26 Å². The number of Topliss-reactive ketones (excluding diaryl/α,β-unsaturated/α-hetero) is 1. The summed E-state index contributed by atoms with van der Waals surface area (Å²) in [5.74, 6) is 0.971. The maximum Gasteiger partial charge on any atom is 0.170 e. The molecule has 0 aliphatic rings. The number of carbonyl (C=O) groups excluding carboxylic acids is 1. The van der Waals surface area contributed by atoms with Crippen molar-refractivity contribution in [2.24, 2.45) is 0 Å². The van der Waals surface area contributed by atoms with Gasteiger partial charge in [-0.1, -0.05) is 6.92 Å². The number of ketones is 1. The molecule has 0 fully saturated rings. The molecule has 0 aliphatic carbocycles. The molecule has 4 heteroatoms. The molecule has 0 saturated heterocycles. The van der Waals surface area contributed by atoms with Gasteiger partial charge in [0.15, 0.2) is 5.78 Å². The van der Waals surface area contributed by atoms with Crippen molar-refractivity contribution in [1.82, 2.24) is 0 Å². The third-order valence-electron chi connectivity index (χ3n) is 1.82. The molecule has 0 unspecified atom stereocenters. The number of hydrogen-bond acceptors (Lipinski definition) is 4. The Labute approximate surface area is 91.9 Å². The van der Waals surface area contributed by atoms with Gasteiger partial charge in [0.2, 0.25) is 0 Å². The first kappa shape index (κ1) is 11.3. The van der Waals surface area contributed by atoms with Crippen molar-refractivity contribution < 1.29 is 4.79 Å². The summed E-state index contributed by atoms with van der Waals surface area (Å²) in [5.41, 5.74) is 1.51. The van der Waals surface area contributed by atoms with Crippen LogP contribution in [0.25, 0.3) is 0 Å². The molecule has 0 aliphatic heterocycles. The quantitative estimate of drug-likeness (QED) is 0.585. The topological polar surface area (TPSA) is 40.9 Å². The zero-order valence-corrected chi connectivity index (χ0v) is 10.0. The second-order valence-electron chi connectivity index (χ2n) is 2.82. The van der Waals surface area contributed by atoms with Gasteiger partial charge in [-0.2, -0.15) is 5.26 Å². The highest BCUT2D eigenvalue weighted by Crippen LogP contribution is 2.35. The van der Waals surface area contributed by atoms with E-state index in [-0.39, 0.29) is 5.78 Å². The van der Waals surface area contributed by atoms with Crippen molar-refractivity contribution >= 4 is 28.9 Å². The van der Waals surface area contributed by atoms with E-state index < -0.39 is 0 Å². The van der Waals surface area contributed by atoms with Crippen LogP contribution in [0.2, 0.25) is 0 Å². The molecule has 1 aromatic heterocycles. The molecule has 0 radical (unpaired) electrons. The van der Waals surface area contributed by atoms with E-state index in [0.29, 0.717) is 5.56 Å². The Kier molecular flexibility index (Phi) is 3.73. The smallest absolute Gasteiger partial charge is 0.170 e. The molecular formula is C10H11NOS2. The Morgan fingerprint density at radius 3 is 2.71 bits per heavy atom. The van der Waals surface area contributed by atoms with Gasteiger partial charge in [0.1, 0.15) is 6.07 Å². The fourth-order valence-corrected chi connectivity index (χ4v) is 3.51. The summed E-state index contributed by atoms with van der Waals surface area (Å²) >= 11 is 3.06. The van der Waals surface area contributed by atoms with Crippen LogP contribution in [-0.4, -0.2) is 11.5 Å². The molecule has 1 heterocycles. The fourth-order valence-electron chi connectivity index (χ4n) is 1.19. The van der Waals surface area contributed by atoms with E-state index in [0.717, 1.165) is 20.4 Å². The molecule has 0 spiro atoms. The van der Waals surface area contributed by atoms with Gasteiger partial charge in [0.25, 0.3) is 0 Å². The minimum Gasteiger partial charge on any atom is -0.294 e. The van der Waals surface area contributed by atoms with Crippen LogP contribution >= 0.6 is 23.1 Å². The third-order valence-corrected chi connectivity index (χ3v) is 4.37. The monoisotopic (exact) mass is 225 g/mol. The van der Waals surface area contributed by atoms with Crippen molar-refractivity contribution in [3.8, 4) is 6.07 Å². The Morgan fingerprint density at radius 2 is 2.29 bits per heavy atom. The Balaban J connectivity index is 3.26. The number of thioether (sulfide) groups is 1. The summed E-state index contributed by atoms with van der Waals surface area (Å²) in [7, 11) is 0. The lowest BCUT2D eigenvalue weighted by Crippen LogP contribution is -1.90. The molecule has 1 aromatic rings. The van der Waals surface area contributed by atoms with Gasteiger partial charge in [-0.25, -0.2) is 0 Å². The van der Waals surface area contributed by atoms with Crippen LogP contribution in [0, 0.1) is 18.3 Å². The molecular weight excluding hydrogens is 214 g/mol. The van der Waals surface area contributed by atoms with Gasteiger partial charge in [-0.05, 0) is 25.2 Å².